The lowest BCUT2D eigenvalue weighted by Crippen LogP contribution is -2.40. The van der Waals surface area contributed by atoms with Crippen molar-refractivity contribution >= 4 is 22.8 Å². The van der Waals surface area contributed by atoms with Gasteiger partial charge >= 0.3 is 5.69 Å². The maximum Gasteiger partial charge on any atom is 0.332 e. The highest BCUT2D eigenvalue weighted by Crippen LogP contribution is 2.32. The van der Waals surface area contributed by atoms with E-state index in [4.69, 9.17) is 4.98 Å². The summed E-state index contributed by atoms with van der Waals surface area (Å²) in [6.45, 7) is 8.27. The number of aryl methyl sites for hydroxylation is 2. The van der Waals surface area contributed by atoms with Crippen LogP contribution in [-0.2, 0) is 20.1 Å². The van der Waals surface area contributed by atoms with Crippen molar-refractivity contribution in [1.82, 2.24) is 18.7 Å². The van der Waals surface area contributed by atoms with Crippen LogP contribution in [0.25, 0.3) is 11.2 Å². The molecule has 2 aromatic heterocycles. The second-order valence-electron chi connectivity index (χ2n) is 7.90. The van der Waals surface area contributed by atoms with Crippen molar-refractivity contribution in [3.05, 3.63) is 50.7 Å². The zero-order valence-corrected chi connectivity index (χ0v) is 17.0. The van der Waals surface area contributed by atoms with Gasteiger partial charge in [-0.3, -0.25) is 13.9 Å². The van der Waals surface area contributed by atoms with Crippen LogP contribution in [0.5, 0.6) is 0 Å². The van der Waals surface area contributed by atoms with Gasteiger partial charge in [-0.05, 0) is 31.4 Å². The molecule has 1 aromatic carbocycles. The average Bonchev–Trinajstić information content (AvgIpc) is 3.06. The summed E-state index contributed by atoms with van der Waals surface area (Å²) >= 11 is 0. The maximum absolute atomic E-state index is 13.2. The summed E-state index contributed by atoms with van der Waals surface area (Å²) in [6, 6.07) is 8.31. The van der Waals surface area contributed by atoms with E-state index in [0.717, 1.165) is 37.6 Å². The molecule has 3 heterocycles. The molecule has 0 N–H and O–H groups in total. The summed E-state index contributed by atoms with van der Waals surface area (Å²) < 4.78 is 4.86. The largest absolute Gasteiger partial charge is 0.332 e. The standard InChI is InChI=1S/C21H27N5O2/c1-5-6-11-24-19(27)17-18(23(4)21(24)28)22-20-25(12-15(3)13-26(17)20)16-9-7-14(2)8-10-16/h7-10,15H,5-6,11-13H2,1-4H3. The van der Waals surface area contributed by atoms with E-state index in [2.05, 4.69) is 49.9 Å². The van der Waals surface area contributed by atoms with Crippen LogP contribution in [0, 0.1) is 12.8 Å². The normalized spacial score (nSPS) is 16.6. The van der Waals surface area contributed by atoms with Gasteiger partial charge in [0, 0.05) is 32.4 Å². The molecule has 0 saturated heterocycles. The second-order valence-corrected chi connectivity index (χ2v) is 7.90. The first kappa shape index (κ1) is 18.5. The van der Waals surface area contributed by atoms with Crippen molar-refractivity contribution < 1.29 is 0 Å². The van der Waals surface area contributed by atoms with Gasteiger partial charge in [-0.15, -0.1) is 0 Å². The van der Waals surface area contributed by atoms with E-state index in [0.29, 0.717) is 23.6 Å². The van der Waals surface area contributed by atoms with Crippen molar-refractivity contribution in [1.29, 1.82) is 0 Å². The lowest BCUT2D eigenvalue weighted by atomic mass is 10.1. The molecule has 0 radical (unpaired) electrons. The van der Waals surface area contributed by atoms with Crippen LogP contribution < -0.4 is 16.1 Å². The van der Waals surface area contributed by atoms with E-state index in [-0.39, 0.29) is 11.2 Å². The van der Waals surface area contributed by atoms with Crippen molar-refractivity contribution in [3.63, 3.8) is 0 Å². The molecule has 0 bridgehead atoms. The minimum absolute atomic E-state index is 0.233. The van der Waals surface area contributed by atoms with Crippen molar-refractivity contribution in [2.45, 2.75) is 46.7 Å². The Morgan fingerprint density at radius 1 is 1.14 bits per heavy atom. The number of hydrogen-bond donors (Lipinski definition) is 0. The Morgan fingerprint density at radius 3 is 2.54 bits per heavy atom. The third kappa shape index (κ3) is 2.85. The van der Waals surface area contributed by atoms with Gasteiger partial charge in [0.25, 0.3) is 5.56 Å². The number of fused-ring (bicyclic) bond motifs is 3. The Labute approximate surface area is 163 Å². The Kier molecular flexibility index (Phi) is 4.61. The molecule has 3 aromatic rings. The summed E-state index contributed by atoms with van der Waals surface area (Å²) in [7, 11) is 1.70. The number of nitrogens with zero attached hydrogens (tertiary/aromatic N) is 5. The number of anilines is 2. The molecule has 0 fully saturated rings. The van der Waals surface area contributed by atoms with Gasteiger partial charge in [0.1, 0.15) is 0 Å². The minimum atomic E-state index is -0.295. The zero-order valence-electron chi connectivity index (χ0n) is 17.0. The van der Waals surface area contributed by atoms with Crippen LogP contribution in [0.15, 0.2) is 33.9 Å². The lowest BCUT2D eigenvalue weighted by Gasteiger charge is -2.33. The summed E-state index contributed by atoms with van der Waals surface area (Å²) in [5.74, 6) is 1.09. The molecule has 1 aliphatic rings. The van der Waals surface area contributed by atoms with E-state index in [9.17, 15) is 9.59 Å². The van der Waals surface area contributed by atoms with E-state index in [1.54, 1.807) is 7.05 Å². The molecule has 0 spiro atoms. The van der Waals surface area contributed by atoms with Gasteiger partial charge in [-0.25, -0.2) is 4.79 Å². The zero-order chi connectivity index (χ0) is 20.0. The minimum Gasteiger partial charge on any atom is -0.312 e. The Balaban J connectivity index is 1.96. The molecule has 1 unspecified atom stereocenters. The van der Waals surface area contributed by atoms with Gasteiger partial charge in [0.15, 0.2) is 11.2 Å². The number of benzene rings is 1. The summed E-state index contributed by atoms with van der Waals surface area (Å²) in [5.41, 5.74) is 2.70. The fourth-order valence-corrected chi connectivity index (χ4v) is 3.96. The predicted octanol–water partition coefficient (Wildman–Crippen LogP) is 2.79. The third-order valence-corrected chi connectivity index (χ3v) is 5.52. The average molecular weight is 381 g/mol. The van der Waals surface area contributed by atoms with Crippen LogP contribution in [0.1, 0.15) is 32.3 Å². The van der Waals surface area contributed by atoms with Crippen LogP contribution >= 0.6 is 0 Å². The number of rotatable bonds is 4. The van der Waals surface area contributed by atoms with E-state index >= 15 is 0 Å². The molecule has 1 aliphatic heterocycles. The van der Waals surface area contributed by atoms with Crippen molar-refractivity contribution in [2.75, 3.05) is 11.4 Å². The quantitative estimate of drug-likeness (QED) is 0.697. The summed E-state index contributed by atoms with van der Waals surface area (Å²) in [6.07, 6.45) is 1.73. The predicted molar refractivity (Wildman–Crippen MR) is 111 cm³/mol. The second kappa shape index (κ2) is 6.96. The van der Waals surface area contributed by atoms with Crippen LogP contribution in [0.4, 0.5) is 11.6 Å². The first-order valence-corrected chi connectivity index (χ1v) is 9.96. The maximum atomic E-state index is 13.2. The fourth-order valence-electron chi connectivity index (χ4n) is 3.96. The monoisotopic (exact) mass is 381 g/mol. The SMILES string of the molecule is CCCCn1c(=O)c2c(nc3n2CC(C)CN3c2ccc(C)cc2)n(C)c1=O. The molecule has 7 nitrogen and oxygen atoms in total. The van der Waals surface area contributed by atoms with E-state index in [1.165, 1.54) is 14.7 Å². The molecule has 1 atom stereocenters. The highest BCUT2D eigenvalue weighted by molar-refractivity contribution is 5.77. The Morgan fingerprint density at radius 2 is 1.86 bits per heavy atom. The molecule has 148 valence electrons. The fraction of sp³-hybridized carbons (Fsp3) is 0.476. The first-order chi connectivity index (χ1) is 13.4. The van der Waals surface area contributed by atoms with Gasteiger partial charge in [-0.1, -0.05) is 38.0 Å². The number of unbranched alkanes of at least 4 members (excludes halogenated alkanes) is 1. The van der Waals surface area contributed by atoms with E-state index < -0.39 is 0 Å². The molecule has 0 saturated carbocycles. The molecule has 0 amide bonds. The van der Waals surface area contributed by atoms with Crippen LogP contribution in [0.3, 0.4) is 0 Å². The van der Waals surface area contributed by atoms with Gasteiger partial charge in [-0.2, -0.15) is 4.98 Å². The number of aromatic nitrogens is 4. The Hall–Kier alpha value is -2.83. The highest BCUT2D eigenvalue weighted by atomic mass is 16.2. The third-order valence-electron chi connectivity index (χ3n) is 5.52. The van der Waals surface area contributed by atoms with Crippen molar-refractivity contribution in [3.8, 4) is 0 Å². The molecule has 28 heavy (non-hydrogen) atoms. The first-order valence-electron chi connectivity index (χ1n) is 9.96. The molecular weight excluding hydrogens is 354 g/mol. The summed E-state index contributed by atoms with van der Waals surface area (Å²) in [5, 5.41) is 0. The number of hydrogen-bond acceptors (Lipinski definition) is 4. The lowest BCUT2D eigenvalue weighted by molar-refractivity contribution is 0.457. The summed E-state index contributed by atoms with van der Waals surface area (Å²) in [4.78, 5) is 32.8. The van der Waals surface area contributed by atoms with Gasteiger partial charge in [0.2, 0.25) is 5.95 Å². The number of imidazole rings is 1. The molecular formula is C21H27N5O2. The molecule has 0 aliphatic carbocycles. The molecule has 7 heteroatoms. The highest BCUT2D eigenvalue weighted by Gasteiger charge is 2.29. The van der Waals surface area contributed by atoms with E-state index in [1.807, 2.05) is 4.57 Å². The topological polar surface area (TPSA) is 65.1 Å². The van der Waals surface area contributed by atoms with Crippen molar-refractivity contribution in [2.24, 2.45) is 13.0 Å². The van der Waals surface area contributed by atoms with Gasteiger partial charge < -0.3 is 9.47 Å². The Bertz CT molecular complexity index is 1140. The van der Waals surface area contributed by atoms with Crippen LogP contribution in [0.2, 0.25) is 0 Å². The molecule has 4 rings (SSSR count). The van der Waals surface area contributed by atoms with Crippen LogP contribution in [-0.4, -0.2) is 25.2 Å². The van der Waals surface area contributed by atoms with Gasteiger partial charge in [0.05, 0.1) is 0 Å². The smallest absolute Gasteiger partial charge is 0.312 e.